The smallest absolute Gasteiger partial charge is 0.108 e. The van der Waals surface area contributed by atoms with Crippen LogP contribution < -0.4 is 0 Å². The van der Waals surface area contributed by atoms with E-state index in [1.54, 1.807) is 11.3 Å². The molecule has 0 atom stereocenters. The number of aryl methyl sites for hydroxylation is 1. The number of aromatic nitrogens is 2. The van der Waals surface area contributed by atoms with Gasteiger partial charge in [0, 0.05) is 23.7 Å². The fourth-order valence-electron chi connectivity index (χ4n) is 1.40. The second-order valence-corrected chi connectivity index (χ2v) is 4.83. The summed E-state index contributed by atoms with van der Waals surface area (Å²) in [6, 6.07) is 4.00. The van der Waals surface area contributed by atoms with Gasteiger partial charge in [-0.05, 0) is 12.1 Å². The van der Waals surface area contributed by atoms with Gasteiger partial charge in [0.05, 0.1) is 10.9 Å². The summed E-state index contributed by atoms with van der Waals surface area (Å²) in [4.78, 5) is 5.54. The highest BCUT2D eigenvalue weighted by molar-refractivity contribution is 7.16. The first-order chi connectivity index (χ1) is 6.79. The van der Waals surface area contributed by atoms with Crippen LogP contribution in [0.15, 0.2) is 24.5 Å². The molecular formula is C10H11ClN2S. The van der Waals surface area contributed by atoms with Gasteiger partial charge in [0.1, 0.15) is 5.82 Å². The van der Waals surface area contributed by atoms with Crippen molar-refractivity contribution < 1.29 is 0 Å². The van der Waals surface area contributed by atoms with Crippen LogP contribution in [0.3, 0.4) is 0 Å². The van der Waals surface area contributed by atoms with Crippen LogP contribution in [0.4, 0.5) is 0 Å². The summed E-state index contributed by atoms with van der Waals surface area (Å²) in [6.45, 7) is 2.99. The molecule has 0 saturated heterocycles. The number of nitrogens with zero attached hydrogens (tertiary/aromatic N) is 2. The molecule has 0 aromatic carbocycles. The molecule has 0 aliphatic rings. The monoisotopic (exact) mass is 226 g/mol. The zero-order valence-electron chi connectivity index (χ0n) is 7.90. The summed E-state index contributed by atoms with van der Waals surface area (Å²) in [5.41, 5.74) is 0. The van der Waals surface area contributed by atoms with Gasteiger partial charge in [-0.1, -0.05) is 18.5 Å². The maximum Gasteiger partial charge on any atom is 0.108 e. The summed E-state index contributed by atoms with van der Waals surface area (Å²) >= 11 is 7.49. The molecule has 2 rings (SSSR count). The molecule has 0 radical (unpaired) electrons. The van der Waals surface area contributed by atoms with Crippen LogP contribution in [0.1, 0.15) is 17.6 Å². The van der Waals surface area contributed by atoms with Crippen LogP contribution in [0.2, 0.25) is 4.34 Å². The van der Waals surface area contributed by atoms with E-state index in [1.165, 1.54) is 4.88 Å². The minimum Gasteiger partial charge on any atom is -0.330 e. The molecule has 2 aromatic rings. The third-order valence-corrected chi connectivity index (χ3v) is 3.29. The predicted molar refractivity (Wildman–Crippen MR) is 60.0 cm³/mol. The normalized spacial score (nSPS) is 10.7. The summed E-state index contributed by atoms with van der Waals surface area (Å²) < 4.78 is 3.00. The second kappa shape index (κ2) is 4.15. The molecule has 0 N–H and O–H groups in total. The molecule has 0 aliphatic carbocycles. The van der Waals surface area contributed by atoms with Gasteiger partial charge >= 0.3 is 0 Å². The average molecular weight is 227 g/mol. The number of hydrogen-bond acceptors (Lipinski definition) is 2. The van der Waals surface area contributed by atoms with Crippen molar-refractivity contribution in [3.8, 4) is 0 Å². The Hall–Kier alpha value is -0.800. The SMILES string of the molecule is CCc1nccn1Cc1ccc(Cl)s1. The second-order valence-electron chi connectivity index (χ2n) is 3.03. The number of thiophene rings is 1. The van der Waals surface area contributed by atoms with Crippen molar-refractivity contribution in [1.29, 1.82) is 0 Å². The Kier molecular flexibility index (Phi) is 2.89. The maximum atomic E-state index is 5.87. The van der Waals surface area contributed by atoms with E-state index in [-0.39, 0.29) is 0 Å². The van der Waals surface area contributed by atoms with Crippen molar-refractivity contribution >= 4 is 22.9 Å². The minimum absolute atomic E-state index is 0.846. The lowest BCUT2D eigenvalue weighted by Gasteiger charge is -2.03. The first-order valence-electron chi connectivity index (χ1n) is 4.54. The Balaban J connectivity index is 2.18. The molecule has 74 valence electrons. The highest BCUT2D eigenvalue weighted by atomic mass is 35.5. The minimum atomic E-state index is 0.846. The fraction of sp³-hybridized carbons (Fsp3) is 0.300. The van der Waals surface area contributed by atoms with Crippen LogP contribution in [0.5, 0.6) is 0 Å². The van der Waals surface area contributed by atoms with Crippen LogP contribution in [0.25, 0.3) is 0 Å². The lowest BCUT2D eigenvalue weighted by atomic mass is 10.4. The van der Waals surface area contributed by atoms with Gasteiger partial charge in [0.25, 0.3) is 0 Å². The molecule has 2 aromatic heterocycles. The topological polar surface area (TPSA) is 17.8 Å². The van der Waals surface area contributed by atoms with Crippen molar-refractivity contribution in [2.45, 2.75) is 19.9 Å². The van der Waals surface area contributed by atoms with Gasteiger partial charge in [-0.25, -0.2) is 4.98 Å². The number of hydrogen-bond donors (Lipinski definition) is 0. The molecule has 0 spiro atoms. The van der Waals surface area contributed by atoms with E-state index in [2.05, 4.69) is 22.5 Å². The van der Waals surface area contributed by atoms with E-state index >= 15 is 0 Å². The quantitative estimate of drug-likeness (QED) is 0.786. The summed E-state index contributed by atoms with van der Waals surface area (Å²) in [5, 5.41) is 0. The standard InChI is InChI=1S/C10H11ClN2S/c1-2-10-12-5-6-13(10)7-8-3-4-9(11)14-8/h3-6H,2,7H2,1H3. The molecule has 0 aliphatic heterocycles. The van der Waals surface area contributed by atoms with Gasteiger partial charge in [-0.3, -0.25) is 0 Å². The first-order valence-corrected chi connectivity index (χ1v) is 5.73. The lowest BCUT2D eigenvalue weighted by Crippen LogP contribution is -2.01. The molecule has 0 bridgehead atoms. The lowest BCUT2D eigenvalue weighted by molar-refractivity contribution is 0.740. The van der Waals surface area contributed by atoms with Crippen molar-refractivity contribution in [1.82, 2.24) is 9.55 Å². The fourth-order valence-corrected chi connectivity index (χ4v) is 2.49. The van der Waals surface area contributed by atoms with Gasteiger partial charge in [0.2, 0.25) is 0 Å². The first kappa shape index (κ1) is 9.74. The van der Waals surface area contributed by atoms with Crippen molar-refractivity contribution in [3.63, 3.8) is 0 Å². The van der Waals surface area contributed by atoms with E-state index in [9.17, 15) is 0 Å². The van der Waals surface area contributed by atoms with Crippen LogP contribution in [-0.4, -0.2) is 9.55 Å². The van der Waals surface area contributed by atoms with Gasteiger partial charge in [0.15, 0.2) is 0 Å². The van der Waals surface area contributed by atoms with Crippen LogP contribution in [0, 0.1) is 0 Å². The Morgan fingerprint density at radius 1 is 1.50 bits per heavy atom. The molecule has 14 heavy (non-hydrogen) atoms. The molecule has 0 unspecified atom stereocenters. The largest absolute Gasteiger partial charge is 0.330 e. The van der Waals surface area contributed by atoms with E-state index in [0.717, 1.165) is 23.1 Å². The van der Waals surface area contributed by atoms with Gasteiger partial charge < -0.3 is 4.57 Å². The van der Waals surface area contributed by atoms with Crippen molar-refractivity contribution in [3.05, 3.63) is 39.6 Å². The van der Waals surface area contributed by atoms with Crippen molar-refractivity contribution in [2.75, 3.05) is 0 Å². The Labute approximate surface area is 92.2 Å². The zero-order valence-corrected chi connectivity index (χ0v) is 9.48. The highest BCUT2D eigenvalue weighted by Crippen LogP contribution is 2.22. The van der Waals surface area contributed by atoms with E-state index in [4.69, 9.17) is 11.6 Å². The molecule has 0 amide bonds. The third-order valence-electron chi connectivity index (χ3n) is 2.07. The molecule has 2 heterocycles. The van der Waals surface area contributed by atoms with Crippen LogP contribution >= 0.6 is 22.9 Å². The summed E-state index contributed by atoms with van der Waals surface area (Å²) in [7, 11) is 0. The van der Waals surface area contributed by atoms with E-state index in [1.807, 2.05) is 18.5 Å². The maximum absolute atomic E-state index is 5.87. The highest BCUT2D eigenvalue weighted by Gasteiger charge is 2.02. The van der Waals surface area contributed by atoms with Gasteiger partial charge in [-0.15, -0.1) is 11.3 Å². The molecule has 0 saturated carbocycles. The molecule has 2 nitrogen and oxygen atoms in total. The number of rotatable bonds is 3. The Morgan fingerprint density at radius 3 is 3.00 bits per heavy atom. The van der Waals surface area contributed by atoms with Gasteiger partial charge in [-0.2, -0.15) is 0 Å². The molecule has 4 heteroatoms. The third kappa shape index (κ3) is 1.99. The summed E-state index contributed by atoms with van der Waals surface area (Å²) in [5.74, 6) is 1.12. The average Bonchev–Trinajstić information content (AvgIpc) is 2.76. The zero-order chi connectivity index (χ0) is 9.97. The Bertz CT molecular complexity index is 419. The Morgan fingerprint density at radius 2 is 2.36 bits per heavy atom. The van der Waals surface area contributed by atoms with Crippen molar-refractivity contribution in [2.24, 2.45) is 0 Å². The van der Waals surface area contributed by atoms with E-state index in [0.29, 0.717) is 0 Å². The van der Waals surface area contributed by atoms with Crippen LogP contribution in [-0.2, 0) is 13.0 Å². The predicted octanol–water partition coefficient (Wildman–Crippen LogP) is 3.21. The number of imidazole rings is 1. The molecular weight excluding hydrogens is 216 g/mol. The number of halogens is 1. The molecule has 0 fully saturated rings. The summed E-state index contributed by atoms with van der Waals surface area (Å²) in [6.07, 6.45) is 4.81. The van der Waals surface area contributed by atoms with E-state index < -0.39 is 0 Å².